The number of nitrogens with zero attached hydrogens (tertiary/aromatic N) is 4. The number of hydrogen-bond acceptors (Lipinski definition) is 4. The zero-order chi connectivity index (χ0) is 12.5. The Hall–Kier alpha value is -2.56. The van der Waals surface area contributed by atoms with Crippen LogP contribution in [-0.4, -0.2) is 25.4 Å². The second-order valence-corrected chi connectivity index (χ2v) is 4.06. The van der Waals surface area contributed by atoms with Crippen LogP contribution in [0, 0.1) is 12.3 Å². The quantitative estimate of drug-likeness (QED) is 0.520. The van der Waals surface area contributed by atoms with Crippen molar-refractivity contribution in [1.29, 1.82) is 5.41 Å². The highest BCUT2D eigenvalue weighted by Gasteiger charge is 2.09. The highest BCUT2D eigenvalue weighted by Crippen LogP contribution is 2.11. The van der Waals surface area contributed by atoms with Crippen molar-refractivity contribution in [2.45, 2.75) is 6.92 Å². The van der Waals surface area contributed by atoms with Crippen molar-refractivity contribution in [3.63, 3.8) is 0 Å². The minimum atomic E-state index is 0.361. The Morgan fingerprint density at radius 1 is 1.28 bits per heavy atom. The maximum Gasteiger partial charge on any atom is 0.168 e. The van der Waals surface area contributed by atoms with Crippen molar-refractivity contribution in [2.75, 3.05) is 0 Å². The van der Waals surface area contributed by atoms with Crippen molar-refractivity contribution < 1.29 is 0 Å². The molecule has 0 saturated carbocycles. The van der Waals surface area contributed by atoms with Crippen LogP contribution >= 0.6 is 0 Å². The largest absolute Gasteiger partial charge is 0.283 e. The van der Waals surface area contributed by atoms with Crippen LogP contribution < -0.4 is 0 Å². The topological polar surface area (TPSA) is 67.5 Å². The second-order valence-electron chi connectivity index (χ2n) is 4.06. The number of hydrogen-bond donors (Lipinski definition) is 1. The SMILES string of the molecule is Cc1cccc(C(=N)n2cnc3cncnc32)c1. The van der Waals surface area contributed by atoms with E-state index in [1.165, 1.54) is 6.33 Å². The third-order valence-electron chi connectivity index (χ3n) is 2.75. The molecule has 0 atom stereocenters. The maximum absolute atomic E-state index is 8.23. The Balaban J connectivity index is 2.12. The van der Waals surface area contributed by atoms with Gasteiger partial charge in [-0.15, -0.1) is 0 Å². The Morgan fingerprint density at radius 2 is 2.17 bits per heavy atom. The zero-order valence-electron chi connectivity index (χ0n) is 9.83. The highest BCUT2D eigenvalue weighted by atomic mass is 15.1. The first-order chi connectivity index (χ1) is 8.75. The van der Waals surface area contributed by atoms with E-state index in [2.05, 4.69) is 15.0 Å². The van der Waals surface area contributed by atoms with Gasteiger partial charge in [-0.3, -0.25) is 9.98 Å². The predicted molar refractivity (Wildman–Crippen MR) is 68.7 cm³/mol. The molecule has 2 heterocycles. The van der Waals surface area contributed by atoms with E-state index in [1.54, 1.807) is 17.1 Å². The van der Waals surface area contributed by atoms with E-state index >= 15 is 0 Å². The molecule has 0 aliphatic carbocycles. The lowest BCUT2D eigenvalue weighted by molar-refractivity contribution is 1.10. The van der Waals surface area contributed by atoms with Gasteiger partial charge >= 0.3 is 0 Å². The average Bonchev–Trinajstić information content (AvgIpc) is 2.82. The molecular formula is C13H11N5. The highest BCUT2D eigenvalue weighted by molar-refractivity contribution is 6.01. The predicted octanol–water partition coefficient (Wildman–Crippen LogP) is 2.01. The molecule has 2 aromatic heterocycles. The van der Waals surface area contributed by atoms with Gasteiger partial charge in [-0.25, -0.2) is 15.0 Å². The van der Waals surface area contributed by atoms with Crippen LogP contribution in [0.5, 0.6) is 0 Å². The Bertz CT molecular complexity index is 729. The summed E-state index contributed by atoms with van der Waals surface area (Å²) in [6.07, 6.45) is 4.70. The van der Waals surface area contributed by atoms with Gasteiger partial charge in [-0.05, 0) is 13.0 Å². The standard InChI is InChI=1S/C13H11N5/c1-9-3-2-4-10(5-9)12(14)18-8-17-11-6-15-7-16-13(11)18/h2-8,14H,1H3. The van der Waals surface area contributed by atoms with Crippen molar-refractivity contribution >= 4 is 17.0 Å². The van der Waals surface area contributed by atoms with Gasteiger partial charge in [-0.2, -0.15) is 0 Å². The van der Waals surface area contributed by atoms with E-state index in [-0.39, 0.29) is 0 Å². The molecule has 0 fully saturated rings. The number of rotatable bonds is 1. The molecule has 0 saturated heterocycles. The number of aromatic nitrogens is 4. The molecule has 5 nitrogen and oxygen atoms in total. The first-order valence-electron chi connectivity index (χ1n) is 5.55. The van der Waals surface area contributed by atoms with Crippen molar-refractivity contribution in [3.8, 4) is 0 Å². The summed E-state index contributed by atoms with van der Waals surface area (Å²) in [5.74, 6) is 0.361. The van der Waals surface area contributed by atoms with Gasteiger partial charge < -0.3 is 0 Å². The minimum absolute atomic E-state index is 0.361. The molecule has 0 unspecified atom stereocenters. The number of fused-ring (bicyclic) bond motifs is 1. The molecule has 0 bridgehead atoms. The molecule has 0 aliphatic heterocycles. The van der Waals surface area contributed by atoms with Gasteiger partial charge in [-0.1, -0.05) is 23.8 Å². The van der Waals surface area contributed by atoms with Crippen molar-refractivity contribution in [1.82, 2.24) is 19.5 Å². The summed E-state index contributed by atoms with van der Waals surface area (Å²) in [5.41, 5.74) is 3.30. The van der Waals surface area contributed by atoms with E-state index in [9.17, 15) is 0 Å². The van der Waals surface area contributed by atoms with E-state index in [0.29, 0.717) is 17.0 Å². The maximum atomic E-state index is 8.23. The molecule has 0 spiro atoms. The lowest BCUT2D eigenvalue weighted by Gasteiger charge is -2.06. The monoisotopic (exact) mass is 237 g/mol. The van der Waals surface area contributed by atoms with Crippen LogP contribution in [0.25, 0.3) is 11.2 Å². The number of nitrogens with one attached hydrogen (secondary N) is 1. The summed E-state index contributed by atoms with van der Waals surface area (Å²) in [6, 6.07) is 7.82. The van der Waals surface area contributed by atoms with E-state index in [1.807, 2.05) is 31.2 Å². The van der Waals surface area contributed by atoms with Crippen molar-refractivity contribution in [2.24, 2.45) is 0 Å². The van der Waals surface area contributed by atoms with Gasteiger partial charge in [0.1, 0.15) is 24.0 Å². The van der Waals surface area contributed by atoms with E-state index in [0.717, 1.165) is 11.1 Å². The van der Waals surface area contributed by atoms with Gasteiger partial charge in [0.15, 0.2) is 5.65 Å². The first-order valence-corrected chi connectivity index (χ1v) is 5.55. The van der Waals surface area contributed by atoms with Crippen molar-refractivity contribution in [3.05, 3.63) is 54.2 Å². The Kier molecular flexibility index (Phi) is 2.37. The molecule has 88 valence electrons. The molecule has 1 N–H and O–H groups in total. The molecule has 0 amide bonds. The summed E-state index contributed by atoms with van der Waals surface area (Å²) in [4.78, 5) is 12.3. The second kappa shape index (κ2) is 4.03. The van der Waals surface area contributed by atoms with E-state index in [4.69, 9.17) is 5.41 Å². The third-order valence-corrected chi connectivity index (χ3v) is 2.75. The van der Waals surface area contributed by atoms with Crippen LogP contribution in [0.4, 0.5) is 0 Å². The van der Waals surface area contributed by atoms with Crippen LogP contribution in [0.1, 0.15) is 11.1 Å². The third kappa shape index (κ3) is 1.66. The van der Waals surface area contributed by atoms with Crippen LogP contribution in [0.2, 0.25) is 0 Å². The summed E-state index contributed by atoms with van der Waals surface area (Å²) in [5, 5.41) is 8.23. The summed E-state index contributed by atoms with van der Waals surface area (Å²) in [7, 11) is 0. The van der Waals surface area contributed by atoms with Crippen LogP contribution in [-0.2, 0) is 0 Å². The fourth-order valence-electron chi connectivity index (χ4n) is 1.86. The molecule has 18 heavy (non-hydrogen) atoms. The molecular weight excluding hydrogens is 226 g/mol. The Morgan fingerprint density at radius 3 is 3.00 bits per heavy atom. The zero-order valence-corrected chi connectivity index (χ0v) is 9.83. The van der Waals surface area contributed by atoms with Crippen LogP contribution in [0.3, 0.4) is 0 Å². The smallest absolute Gasteiger partial charge is 0.168 e. The van der Waals surface area contributed by atoms with Gasteiger partial charge in [0, 0.05) is 5.56 Å². The molecule has 5 heteroatoms. The number of benzene rings is 1. The van der Waals surface area contributed by atoms with Gasteiger partial charge in [0.05, 0.1) is 6.20 Å². The minimum Gasteiger partial charge on any atom is -0.283 e. The van der Waals surface area contributed by atoms with Crippen LogP contribution in [0.15, 0.2) is 43.1 Å². The average molecular weight is 237 g/mol. The summed E-state index contributed by atoms with van der Waals surface area (Å²) in [6.45, 7) is 2.00. The number of aryl methyl sites for hydroxylation is 1. The van der Waals surface area contributed by atoms with Gasteiger partial charge in [0.25, 0.3) is 0 Å². The van der Waals surface area contributed by atoms with E-state index < -0.39 is 0 Å². The number of imidazole rings is 1. The lowest BCUT2D eigenvalue weighted by Crippen LogP contribution is -2.11. The summed E-state index contributed by atoms with van der Waals surface area (Å²) < 4.78 is 1.66. The Labute approximate surface area is 104 Å². The fraction of sp³-hybridized carbons (Fsp3) is 0.0769. The first kappa shape index (κ1) is 10.6. The van der Waals surface area contributed by atoms with Gasteiger partial charge in [0.2, 0.25) is 0 Å². The normalized spacial score (nSPS) is 10.7. The molecule has 1 aromatic carbocycles. The molecule has 0 radical (unpaired) electrons. The summed E-state index contributed by atoms with van der Waals surface area (Å²) >= 11 is 0. The lowest BCUT2D eigenvalue weighted by atomic mass is 10.1. The fourth-order valence-corrected chi connectivity index (χ4v) is 1.86. The molecule has 3 aromatic rings. The molecule has 0 aliphatic rings. The molecule has 3 rings (SSSR count).